The van der Waals surface area contributed by atoms with E-state index in [1.54, 1.807) is 0 Å². The Labute approximate surface area is 212 Å². The van der Waals surface area contributed by atoms with E-state index in [9.17, 15) is 4.79 Å². The molecular formula is C29H34N6O. The summed E-state index contributed by atoms with van der Waals surface area (Å²) in [5, 5.41) is 5.87. The first-order chi connectivity index (χ1) is 17.4. The van der Waals surface area contributed by atoms with Crippen LogP contribution in [-0.2, 0) is 6.42 Å². The Morgan fingerprint density at radius 2 is 1.67 bits per heavy atom. The van der Waals surface area contributed by atoms with Gasteiger partial charge in [-0.3, -0.25) is 4.79 Å². The quantitative estimate of drug-likeness (QED) is 0.401. The van der Waals surface area contributed by atoms with Gasteiger partial charge in [0.15, 0.2) is 5.65 Å². The highest BCUT2D eigenvalue weighted by Crippen LogP contribution is 2.30. The van der Waals surface area contributed by atoms with Crippen molar-refractivity contribution in [3.8, 4) is 5.69 Å². The van der Waals surface area contributed by atoms with E-state index in [1.165, 1.54) is 0 Å². The molecule has 0 atom stereocenters. The first kappa shape index (κ1) is 24.0. The Morgan fingerprint density at radius 3 is 2.42 bits per heavy atom. The molecular weight excluding hydrogens is 448 g/mol. The number of fused-ring (bicyclic) bond motifs is 1. The van der Waals surface area contributed by atoms with Gasteiger partial charge in [-0.15, -0.1) is 0 Å². The Balaban J connectivity index is 1.51. The molecule has 1 fully saturated rings. The van der Waals surface area contributed by atoms with Gasteiger partial charge in [-0.1, -0.05) is 50.2 Å². The van der Waals surface area contributed by atoms with E-state index in [0.717, 1.165) is 77.7 Å². The minimum atomic E-state index is 0.108. The van der Waals surface area contributed by atoms with E-state index in [2.05, 4.69) is 30.9 Å². The van der Waals surface area contributed by atoms with E-state index in [-0.39, 0.29) is 5.91 Å². The predicted molar refractivity (Wildman–Crippen MR) is 144 cm³/mol. The van der Waals surface area contributed by atoms with Crippen LogP contribution in [0.3, 0.4) is 0 Å². The summed E-state index contributed by atoms with van der Waals surface area (Å²) in [5.41, 5.74) is 4.55. The molecule has 1 saturated heterocycles. The molecule has 0 aliphatic carbocycles. The molecule has 0 spiro atoms. The standard InChI is InChI=1S/C29H34N6O/c1-20(2)19-25-30-27(26-22(4)32-35(28(26)31-25)23-12-6-5-7-13-23)33-15-10-16-34(18-17-33)29(36)24-14-9-8-11-21(24)3/h5-9,11-14,20H,10,15-19H2,1-4H3. The number of carbonyl (C=O) groups excluding carboxylic acids is 1. The summed E-state index contributed by atoms with van der Waals surface area (Å²) in [7, 11) is 0. The molecule has 0 unspecified atom stereocenters. The van der Waals surface area contributed by atoms with Crippen LogP contribution in [-0.4, -0.2) is 56.7 Å². The van der Waals surface area contributed by atoms with Gasteiger partial charge >= 0.3 is 0 Å². The predicted octanol–water partition coefficient (Wildman–Crippen LogP) is 4.98. The minimum Gasteiger partial charge on any atom is -0.354 e. The molecule has 1 amide bonds. The second-order valence-electron chi connectivity index (χ2n) is 10.0. The molecule has 4 aromatic rings. The van der Waals surface area contributed by atoms with Crippen molar-refractivity contribution in [2.75, 3.05) is 31.1 Å². The topological polar surface area (TPSA) is 67.2 Å². The lowest BCUT2D eigenvalue weighted by Crippen LogP contribution is -2.35. The molecule has 1 aliphatic heterocycles. The molecule has 7 nitrogen and oxygen atoms in total. The third-order valence-electron chi connectivity index (χ3n) is 6.78. The lowest BCUT2D eigenvalue weighted by Gasteiger charge is -2.24. The Bertz CT molecular complexity index is 1380. The SMILES string of the molecule is Cc1ccccc1C(=O)N1CCCN(c2nc(CC(C)C)nc3c2c(C)nn3-c2ccccc2)CC1. The molecule has 2 aromatic heterocycles. The molecule has 7 heteroatoms. The van der Waals surface area contributed by atoms with Gasteiger partial charge in [0.2, 0.25) is 0 Å². The number of hydrogen-bond acceptors (Lipinski definition) is 5. The molecule has 0 N–H and O–H groups in total. The Kier molecular flexibility index (Phi) is 6.72. The monoisotopic (exact) mass is 482 g/mol. The number of nitrogens with zero attached hydrogens (tertiary/aromatic N) is 6. The van der Waals surface area contributed by atoms with E-state index in [0.29, 0.717) is 12.5 Å². The van der Waals surface area contributed by atoms with Crippen LogP contribution in [0.15, 0.2) is 54.6 Å². The third-order valence-corrected chi connectivity index (χ3v) is 6.78. The first-order valence-electron chi connectivity index (χ1n) is 12.8. The highest BCUT2D eigenvalue weighted by Gasteiger charge is 2.26. The summed E-state index contributed by atoms with van der Waals surface area (Å²) in [6.45, 7) is 11.4. The van der Waals surface area contributed by atoms with Crippen LogP contribution < -0.4 is 4.90 Å². The van der Waals surface area contributed by atoms with Crippen LogP contribution in [0.1, 0.15) is 47.7 Å². The van der Waals surface area contributed by atoms with Crippen LogP contribution in [0, 0.1) is 19.8 Å². The summed E-state index contributed by atoms with van der Waals surface area (Å²) in [4.78, 5) is 27.6. The van der Waals surface area contributed by atoms with Crippen LogP contribution >= 0.6 is 0 Å². The number of benzene rings is 2. The van der Waals surface area contributed by atoms with Crippen molar-refractivity contribution in [3.63, 3.8) is 0 Å². The lowest BCUT2D eigenvalue weighted by molar-refractivity contribution is 0.0766. The third kappa shape index (κ3) is 4.70. The number of para-hydroxylation sites is 1. The van der Waals surface area contributed by atoms with Crippen molar-refractivity contribution in [1.82, 2.24) is 24.6 Å². The largest absolute Gasteiger partial charge is 0.354 e. The van der Waals surface area contributed by atoms with Crippen LogP contribution in [0.4, 0.5) is 5.82 Å². The molecule has 2 aromatic carbocycles. The summed E-state index contributed by atoms with van der Waals surface area (Å²) >= 11 is 0. The second-order valence-corrected chi connectivity index (χ2v) is 10.0. The lowest BCUT2D eigenvalue weighted by atomic mass is 10.1. The molecule has 0 radical (unpaired) electrons. The number of carbonyl (C=O) groups is 1. The summed E-state index contributed by atoms with van der Waals surface area (Å²) < 4.78 is 1.94. The first-order valence-corrected chi connectivity index (χ1v) is 12.8. The normalized spacial score (nSPS) is 14.5. The molecule has 1 aliphatic rings. The van der Waals surface area contributed by atoms with E-state index < -0.39 is 0 Å². The number of rotatable bonds is 5. The zero-order valence-corrected chi connectivity index (χ0v) is 21.6. The Hall–Kier alpha value is -3.74. The fourth-order valence-corrected chi connectivity index (χ4v) is 4.96. The summed E-state index contributed by atoms with van der Waals surface area (Å²) in [6, 6.07) is 18.0. The summed E-state index contributed by atoms with van der Waals surface area (Å²) in [6.07, 6.45) is 1.68. The second kappa shape index (κ2) is 10.1. The Morgan fingerprint density at radius 1 is 0.917 bits per heavy atom. The van der Waals surface area contributed by atoms with Crippen molar-refractivity contribution >= 4 is 22.8 Å². The minimum absolute atomic E-state index is 0.108. The average molecular weight is 483 g/mol. The maximum absolute atomic E-state index is 13.3. The van der Waals surface area contributed by atoms with Gasteiger partial charge in [0, 0.05) is 38.2 Å². The van der Waals surface area contributed by atoms with Crippen LogP contribution in [0.25, 0.3) is 16.7 Å². The van der Waals surface area contributed by atoms with E-state index in [1.807, 2.05) is 65.9 Å². The number of amides is 1. The van der Waals surface area contributed by atoms with Gasteiger partial charge in [-0.25, -0.2) is 14.6 Å². The average Bonchev–Trinajstić information content (AvgIpc) is 3.04. The highest BCUT2D eigenvalue weighted by atomic mass is 16.2. The number of aromatic nitrogens is 4. The summed E-state index contributed by atoms with van der Waals surface area (Å²) in [5.74, 6) is 2.31. The molecule has 186 valence electrons. The van der Waals surface area contributed by atoms with Gasteiger partial charge in [0.05, 0.1) is 16.8 Å². The van der Waals surface area contributed by atoms with E-state index in [4.69, 9.17) is 15.1 Å². The van der Waals surface area contributed by atoms with Gasteiger partial charge in [-0.2, -0.15) is 5.10 Å². The zero-order chi connectivity index (χ0) is 25.2. The molecule has 0 bridgehead atoms. The van der Waals surface area contributed by atoms with Crippen molar-refractivity contribution in [1.29, 1.82) is 0 Å². The maximum Gasteiger partial charge on any atom is 0.254 e. The van der Waals surface area contributed by atoms with Gasteiger partial charge in [0.1, 0.15) is 11.6 Å². The molecule has 0 saturated carbocycles. The maximum atomic E-state index is 13.3. The number of anilines is 1. The zero-order valence-electron chi connectivity index (χ0n) is 21.6. The van der Waals surface area contributed by atoms with Crippen LogP contribution in [0.5, 0.6) is 0 Å². The van der Waals surface area contributed by atoms with Gasteiger partial charge < -0.3 is 9.80 Å². The van der Waals surface area contributed by atoms with E-state index >= 15 is 0 Å². The van der Waals surface area contributed by atoms with Gasteiger partial charge in [-0.05, 0) is 49.9 Å². The fraction of sp³-hybridized carbons (Fsp3) is 0.379. The van der Waals surface area contributed by atoms with Crippen molar-refractivity contribution in [2.45, 2.75) is 40.5 Å². The fourth-order valence-electron chi connectivity index (χ4n) is 4.96. The van der Waals surface area contributed by atoms with Crippen LogP contribution in [0.2, 0.25) is 0 Å². The van der Waals surface area contributed by atoms with Crippen molar-refractivity contribution in [3.05, 3.63) is 77.2 Å². The molecule has 5 rings (SSSR count). The highest BCUT2D eigenvalue weighted by molar-refractivity contribution is 5.96. The number of aryl methyl sites for hydroxylation is 2. The number of hydrogen-bond donors (Lipinski definition) is 0. The van der Waals surface area contributed by atoms with Crippen molar-refractivity contribution < 1.29 is 4.79 Å². The molecule has 3 heterocycles. The molecule has 36 heavy (non-hydrogen) atoms. The smallest absolute Gasteiger partial charge is 0.254 e. The van der Waals surface area contributed by atoms with Crippen molar-refractivity contribution in [2.24, 2.45) is 5.92 Å². The van der Waals surface area contributed by atoms with Gasteiger partial charge in [0.25, 0.3) is 5.91 Å².